The molecule has 1 aromatic heterocycles. The SMILES string of the molecule is Cc1ccc(Cc2c(C)nc(C)nc2N2CCCN(C(=O)Nc3ccccc3F)CC2)cc1. The van der Waals surface area contributed by atoms with Crippen molar-refractivity contribution in [3.63, 3.8) is 0 Å². The summed E-state index contributed by atoms with van der Waals surface area (Å²) in [6, 6.07) is 14.5. The summed E-state index contributed by atoms with van der Waals surface area (Å²) in [6.07, 6.45) is 1.56. The molecule has 7 heteroatoms. The molecule has 33 heavy (non-hydrogen) atoms. The fourth-order valence-corrected chi connectivity index (χ4v) is 4.19. The van der Waals surface area contributed by atoms with Crippen LogP contribution in [0.25, 0.3) is 0 Å². The number of urea groups is 1. The van der Waals surface area contributed by atoms with Crippen molar-refractivity contribution in [2.24, 2.45) is 0 Å². The first kappa shape index (κ1) is 22.7. The predicted octanol–water partition coefficient (Wildman–Crippen LogP) is 4.88. The second-order valence-electron chi connectivity index (χ2n) is 8.56. The molecule has 2 heterocycles. The van der Waals surface area contributed by atoms with Crippen molar-refractivity contribution >= 4 is 17.5 Å². The van der Waals surface area contributed by atoms with Gasteiger partial charge in [0.05, 0.1) is 5.69 Å². The molecule has 0 aliphatic carbocycles. The van der Waals surface area contributed by atoms with E-state index in [0.29, 0.717) is 19.6 Å². The van der Waals surface area contributed by atoms with Crippen LogP contribution in [-0.2, 0) is 6.42 Å². The topological polar surface area (TPSA) is 61.4 Å². The molecule has 6 nitrogen and oxygen atoms in total. The highest BCUT2D eigenvalue weighted by molar-refractivity contribution is 5.89. The largest absolute Gasteiger partial charge is 0.354 e. The maximum atomic E-state index is 13.9. The summed E-state index contributed by atoms with van der Waals surface area (Å²) in [5.41, 5.74) is 4.76. The van der Waals surface area contributed by atoms with Gasteiger partial charge < -0.3 is 15.1 Å². The van der Waals surface area contributed by atoms with Crippen LogP contribution < -0.4 is 10.2 Å². The van der Waals surface area contributed by atoms with E-state index in [1.807, 2.05) is 13.8 Å². The molecule has 172 valence electrons. The quantitative estimate of drug-likeness (QED) is 0.620. The molecule has 2 amide bonds. The lowest BCUT2D eigenvalue weighted by molar-refractivity contribution is 0.215. The second-order valence-corrected chi connectivity index (χ2v) is 8.56. The van der Waals surface area contributed by atoms with Crippen molar-refractivity contribution < 1.29 is 9.18 Å². The Morgan fingerprint density at radius 1 is 0.970 bits per heavy atom. The lowest BCUT2D eigenvalue weighted by atomic mass is 10.0. The molecular formula is C26H30FN5O. The van der Waals surface area contributed by atoms with Crippen LogP contribution in [0.15, 0.2) is 48.5 Å². The van der Waals surface area contributed by atoms with E-state index in [9.17, 15) is 9.18 Å². The highest BCUT2D eigenvalue weighted by Gasteiger charge is 2.23. The summed E-state index contributed by atoms with van der Waals surface area (Å²) < 4.78 is 13.9. The zero-order valence-corrected chi connectivity index (χ0v) is 19.4. The molecule has 0 atom stereocenters. The van der Waals surface area contributed by atoms with E-state index in [-0.39, 0.29) is 11.7 Å². The van der Waals surface area contributed by atoms with Crippen molar-refractivity contribution in [2.75, 3.05) is 36.4 Å². The van der Waals surface area contributed by atoms with Crippen molar-refractivity contribution in [3.05, 3.63) is 82.6 Å². The average Bonchev–Trinajstić information content (AvgIpc) is 3.05. The number of benzene rings is 2. The normalized spacial score (nSPS) is 14.2. The zero-order chi connectivity index (χ0) is 23.4. The van der Waals surface area contributed by atoms with Crippen LogP contribution in [0.1, 0.15) is 34.6 Å². The minimum absolute atomic E-state index is 0.200. The molecule has 0 radical (unpaired) electrons. The van der Waals surface area contributed by atoms with Gasteiger partial charge in [0.2, 0.25) is 0 Å². The van der Waals surface area contributed by atoms with Gasteiger partial charge in [0.1, 0.15) is 17.5 Å². The fourth-order valence-electron chi connectivity index (χ4n) is 4.19. The van der Waals surface area contributed by atoms with Gasteiger partial charge in [-0.3, -0.25) is 0 Å². The number of anilines is 2. The lowest BCUT2D eigenvalue weighted by Gasteiger charge is -2.26. The molecule has 3 aromatic rings. The molecule has 4 rings (SSSR count). The fraction of sp³-hybridized carbons (Fsp3) is 0.346. The monoisotopic (exact) mass is 447 g/mol. The molecule has 0 unspecified atom stereocenters. The molecule has 2 aromatic carbocycles. The van der Waals surface area contributed by atoms with E-state index in [1.165, 1.54) is 17.2 Å². The maximum absolute atomic E-state index is 13.9. The maximum Gasteiger partial charge on any atom is 0.321 e. The summed E-state index contributed by atoms with van der Waals surface area (Å²) in [7, 11) is 0. The Balaban J connectivity index is 1.51. The Hall–Kier alpha value is -3.48. The van der Waals surface area contributed by atoms with Crippen LogP contribution in [0.2, 0.25) is 0 Å². The number of nitrogens with one attached hydrogen (secondary N) is 1. The van der Waals surface area contributed by atoms with Gasteiger partial charge in [0, 0.05) is 43.9 Å². The molecule has 0 spiro atoms. The minimum Gasteiger partial charge on any atom is -0.354 e. The second kappa shape index (κ2) is 9.98. The first-order valence-corrected chi connectivity index (χ1v) is 11.4. The third-order valence-electron chi connectivity index (χ3n) is 6.00. The van der Waals surface area contributed by atoms with Crippen LogP contribution in [0.5, 0.6) is 0 Å². The number of hydrogen-bond donors (Lipinski definition) is 1. The van der Waals surface area contributed by atoms with Gasteiger partial charge in [-0.05, 0) is 44.9 Å². The van der Waals surface area contributed by atoms with Gasteiger partial charge in [-0.25, -0.2) is 19.2 Å². The Morgan fingerprint density at radius 3 is 2.48 bits per heavy atom. The number of carbonyl (C=O) groups is 1. The van der Waals surface area contributed by atoms with E-state index in [4.69, 9.17) is 4.98 Å². The first-order chi connectivity index (χ1) is 15.9. The van der Waals surface area contributed by atoms with Crippen LogP contribution in [0.4, 0.5) is 20.7 Å². The molecular weight excluding hydrogens is 417 g/mol. The number of para-hydroxylation sites is 1. The Labute approximate surface area is 194 Å². The minimum atomic E-state index is -0.435. The third-order valence-corrected chi connectivity index (χ3v) is 6.00. The van der Waals surface area contributed by atoms with Crippen LogP contribution in [0.3, 0.4) is 0 Å². The molecule has 0 saturated carbocycles. The van der Waals surface area contributed by atoms with Gasteiger partial charge >= 0.3 is 6.03 Å². The summed E-state index contributed by atoms with van der Waals surface area (Å²) in [6.45, 7) is 8.62. The number of hydrogen-bond acceptors (Lipinski definition) is 4. The van der Waals surface area contributed by atoms with Crippen LogP contribution in [0, 0.1) is 26.6 Å². The summed E-state index contributed by atoms with van der Waals surface area (Å²) >= 11 is 0. The number of aryl methyl sites for hydroxylation is 3. The molecule has 1 fully saturated rings. The van der Waals surface area contributed by atoms with Gasteiger partial charge in [-0.15, -0.1) is 0 Å². The number of nitrogens with zero attached hydrogens (tertiary/aromatic N) is 4. The number of carbonyl (C=O) groups excluding carboxylic acids is 1. The highest BCUT2D eigenvalue weighted by atomic mass is 19.1. The predicted molar refractivity (Wildman–Crippen MR) is 129 cm³/mol. The van der Waals surface area contributed by atoms with E-state index in [1.54, 1.807) is 23.1 Å². The van der Waals surface area contributed by atoms with Crippen molar-refractivity contribution in [1.82, 2.24) is 14.9 Å². The van der Waals surface area contributed by atoms with Crippen LogP contribution >= 0.6 is 0 Å². The van der Waals surface area contributed by atoms with E-state index < -0.39 is 5.82 Å². The average molecular weight is 448 g/mol. The number of halogens is 1. The van der Waals surface area contributed by atoms with Gasteiger partial charge in [-0.1, -0.05) is 42.0 Å². The summed E-state index contributed by atoms with van der Waals surface area (Å²) in [5, 5.41) is 2.70. The molecule has 1 aliphatic rings. The highest BCUT2D eigenvalue weighted by Crippen LogP contribution is 2.25. The molecule has 1 aliphatic heterocycles. The Morgan fingerprint density at radius 2 is 1.73 bits per heavy atom. The number of amides is 2. The lowest BCUT2D eigenvalue weighted by Crippen LogP contribution is -2.38. The van der Waals surface area contributed by atoms with Crippen molar-refractivity contribution in [3.8, 4) is 0 Å². The Kier molecular flexibility index (Phi) is 6.87. The summed E-state index contributed by atoms with van der Waals surface area (Å²) in [5.74, 6) is 1.25. The smallest absolute Gasteiger partial charge is 0.321 e. The number of aromatic nitrogens is 2. The first-order valence-electron chi connectivity index (χ1n) is 11.4. The molecule has 1 N–H and O–H groups in total. The standard InChI is InChI=1S/C26H30FN5O/c1-18-9-11-21(12-10-18)17-22-19(2)28-20(3)29-25(22)31-13-6-14-32(16-15-31)26(33)30-24-8-5-4-7-23(24)27/h4-5,7-12H,6,13-17H2,1-3H3,(H,30,33). The van der Waals surface area contributed by atoms with E-state index >= 15 is 0 Å². The zero-order valence-electron chi connectivity index (χ0n) is 19.4. The molecule has 1 saturated heterocycles. The van der Waals surface area contributed by atoms with Gasteiger partial charge in [-0.2, -0.15) is 0 Å². The summed E-state index contributed by atoms with van der Waals surface area (Å²) in [4.78, 5) is 26.2. The van der Waals surface area contributed by atoms with E-state index in [0.717, 1.165) is 42.3 Å². The van der Waals surface area contributed by atoms with Gasteiger partial charge in [0.25, 0.3) is 0 Å². The van der Waals surface area contributed by atoms with E-state index in [2.05, 4.69) is 46.4 Å². The van der Waals surface area contributed by atoms with Crippen LogP contribution in [-0.4, -0.2) is 47.1 Å². The number of rotatable bonds is 4. The van der Waals surface area contributed by atoms with Gasteiger partial charge in [0.15, 0.2) is 0 Å². The van der Waals surface area contributed by atoms with Crippen molar-refractivity contribution in [2.45, 2.75) is 33.6 Å². The third kappa shape index (κ3) is 5.48. The Bertz CT molecular complexity index is 1130. The van der Waals surface area contributed by atoms with Crippen molar-refractivity contribution in [1.29, 1.82) is 0 Å². The molecule has 0 bridgehead atoms.